The third kappa shape index (κ3) is 11.9. The number of likely N-dealkylation sites (tertiary alicyclic amines) is 1. The van der Waals surface area contributed by atoms with Gasteiger partial charge in [0, 0.05) is 103 Å². The number of aromatic carboxylic acids is 1. The molecule has 382 valence electrons. The number of anilines is 4. The number of aliphatic hydroxyl groups is 1. The van der Waals surface area contributed by atoms with Crippen molar-refractivity contribution in [2.24, 2.45) is 7.05 Å². The molecule has 0 aliphatic carbocycles. The third-order valence-corrected chi connectivity index (χ3v) is 17.8. The van der Waals surface area contributed by atoms with Crippen molar-refractivity contribution in [3.8, 4) is 22.4 Å². The molecule has 2 aliphatic heterocycles. The Morgan fingerprint density at radius 2 is 1.44 bits per heavy atom. The molecule has 20 heteroatoms. The Labute approximate surface area is 427 Å². The molecule has 3 heterocycles. The zero-order valence-corrected chi connectivity index (χ0v) is 43.1. The normalized spacial score (nSPS) is 16.1. The van der Waals surface area contributed by atoms with Crippen molar-refractivity contribution in [2.45, 2.75) is 64.9 Å². The molecule has 2 saturated heterocycles. The molecule has 13 nitrogen and oxygen atoms in total. The summed E-state index contributed by atoms with van der Waals surface area (Å²) in [7, 11) is -8.78. The maximum atomic E-state index is 14.3. The Morgan fingerprint density at radius 1 is 0.806 bits per heavy atom. The summed E-state index contributed by atoms with van der Waals surface area (Å²) in [5.74, 6) is -0.666. The van der Waals surface area contributed by atoms with Crippen LogP contribution in [0, 0.1) is 6.92 Å². The molecule has 2 fully saturated rings. The first-order valence-corrected chi connectivity index (χ1v) is 27.7. The fraction of sp³-hybridized carbons (Fsp3) is 0.327. The summed E-state index contributed by atoms with van der Waals surface area (Å²) >= 11 is 7.64. The first-order valence-electron chi connectivity index (χ1n) is 23.4. The van der Waals surface area contributed by atoms with Gasteiger partial charge in [0.05, 0.1) is 27.4 Å². The minimum Gasteiger partial charge on any atom is -0.478 e. The Balaban J connectivity index is 0.960. The van der Waals surface area contributed by atoms with Gasteiger partial charge in [-0.05, 0) is 123 Å². The van der Waals surface area contributed by atoms with Crippen molar-refractivity contribution in [2.75, 3.05) is 71.4 Å². The summed E-state index contributed by atoms with van der Waals surface area (Å²) in [5.41, 5.74) is -1.26. The predicted molar refractivity (Wildman–Crippen MR) is 280 cm³/mol. The largest absolute Gasteiger partial charge is 0.501 e. The van der Waals surface area contributed by atoms with E-state index in [0.29, 0.717) is 93.2 Å². The highest BCUT2D eigenvalue weighted by Gasteiger charge is 2.48. The van der Waals surface area contributed by atoms with Gasteiger partial charge >= 0.3 is 11.5 Å². The summed E-state index contributed by atoms with van der Waals surface area (Å²) in [6.45, 7) is 7.78. The molecule has 0 spiro atoms. The quantitative estimate of drug-likeness (QED) is 0.0640. The molecule has 0 bridgehead atoms. The zero-order valence-electron chi connectivity index (χ0n) is 39.9. The number of sulfonamides is 1. The molecule has 0 unspecified atom stereocenters. The second-order valence-electron chi connectivity index (χ2n) is 18.4. The number of aromatic nitrogens is 1. The van der Waals surface area contributed by atoms with Gasteiger partial charge in [-0.2, -0.15) is 13.2 Å². The minimum absolute atomic E-state index is 0.115. The number of carbonyl (C=O) groups is 1. The second kappa shape index (κ2) is 21.4. The lowest BCUT2D eigenvalue weighted by Crippen LogP contribution is -2.46. The van der Waals surface area contributed by atoms with Crippen molar-refractivity contribution in [1.29, 1.82) is 0 Å². The summed E-state index contributed by atoms with van der Waals surface area (Å²) in [6, 6.07) is 33.1. The molecule has 0 amide bonds. The number of hydrogen-bond donors (Lipinski definition) is 4. The van der Waals surface area contributed by atoms with Crippen LogP contribution in [0.4, 0.5) is 35.9 Å². The van der Waals surface area contributed by atoms with E-state index in [-0.39, 0.29) is 16.9 Å². The lowest BCUT2D eigenvalue weighted by Gasteiger charge is -2.37. The van der Waals surface area contributed by atoms with Crippen molar-refractivity contribution >= 4 is 71.9 Å². The Bertz CT molecular complexity index is 3120. The minimum atomic E-state index is -6.03. The molecule has 0 saturated carbocycles. The molecular weight excluding hydrogens is 1010 g/mol. The number of thioether (sulfide) groups is 1. The van der Waals surface area contributed by atoms with Crippen molar-refractivity contribution in [3.63, 3.8) is 0 Å². The zero-order chi connectivity index (χ0) is 51.6. The lowest BCUT2D eigenvalue weighted by atomic mass is 9.94. The molecule has 4 N–H and O–H groups in total. The molecule has 2 aliphatic rings. The van der Waals surface area contributed by atoms with E-state index in [0.717, 1.165) is 45.2 Å². The van der Waals surface area contributed by atoms with Crippen LogP contribution < -0.4 is 19.8 Å². The Kier molecular flexibility index (Phi) is 15.6. The van der Waals surface area contributed by atoms with E-state index in [2.05, 4.69) is 24.7 Å². The molecule has 0 radical (unpaired) electrons. The number of sulfone groups is 1. The van der Waals surface area contributed by atoms with Gasteiger partial charge in [-0.3, -0.25) is 4.72 Å². The molecule has 5 aromatic carbocycles. The number of rotatable bonds is 17. The molecule has 72 heavy (non-hydrogen) atoms. The van der Waals surface area contributed by atoms with E-state index < -0.39 is 52.8 Å². The van der Waals surface area contributed by atoms with Gasteiger partial charge in [0.1, 0.15) is 4.90 Å². The molecule has 8 rings (SSSR count). The van der Waals surface area contributed by atoms with Gasteiger partial charge < -0.3 is 34.8 Å². The number of piperidine rings is 1. The molecule has 1 aromatic heterocycles. The van der Waals surface area contributed by atoms with Crippen LogP contribution in [0.1, 0.15) is 42.2 Å². The number of halogens is 4. The van der Waals surface area contributed by atoms with E-state index in [1.54, 1.807) is 38.1 Å². The standard InChI is InChI=1S/C52H56ClF3N6O7S3/c1-35-47(50(63)64)48(49(59(35)3)36-12-14-38(53)15-13-36)37-8-7-9-42(32-37)62-30-28-61(29-31-62)41-18-16-39(17-19-41)58-72(68,69)44-20-21-45(46(33-44)71(66,67)52(54,55)56)57-40(34-70-43-10-5-4-6-11-43)22-25-60-26-23-51(2,65)24-27-60/h4-21,32-33,40,57-58,65H,22-31,34H2,1-3H3,(H,63,64)/t40-/m1/s1. The fourth-order valence-electron chi connectivity index (χ4n) is 9.19. The van der Waals surface area contributed by atoms with E-state index >= 15 is 0 Å². The average molecular weight is 1070 g/mol. The highest BCUT2D eigenvalue weighted by molar-refractivity contribution is 7.99. The summed E-state index contributed by atoms with van der Waals surface area (Å²) < 4.78 is 101. The molecule has 1 atom stereocenters. The second-order valence-corrected chi connectivity index (χ2v) is 23.6. The highest BCUT2D eigenvalue weighted by atomic mass is 35.5. The smallest absolute Gasteiger partial charge is 0.478 e. The van der Waals surface area contributed by atoms with Crippen molar-refractivity contribution < 1.29 is 45.0 Å². The Morgan fingerprint density at radius 3 is 2.07 bits per heavy atom. The lowest BCUT2D eigenvalue weighted by molar-refractivity contribution is -0.0436. The summed E-state index contributed by atoms with van der Waals surface area (Å²) in [5, 5.41) is 24.4. The van der Waals surface area contributed by atoms with Crippen LogP contribution in [0.25, 0.3) is 22.4 Å². The van der Waals surface area contributed by atoms with Gasteiger partial charge in [0.2, 0.25) is 0 Å². The van der Waals surface area contributed by atoms with Gasteiger partial charge in [-0.1, -0.05) is 54.1 Å². The molecule has 6 aromatic rings. The van der Waals surface area contributed by atoms with E-state index in [1.165, 1.54) is 23.9 Å². The van der Waals surface area contributed by atoms with Crippen molar-refractivity contribution in [3.05, 3.63) is 138 Å². The number of alkyl halides is 3. The van der Waals surface area contributed by atoms with Crippen LogP contribution >= 0.6 is 23.4 Å². The number of nitrogens with zero attached hydrogens (tertiary/aromatic N) is 4. The van der Waals surface area contributed by atoms with Crippen LogP contribution in [0.15, 0.2) is 136 Å². The van der Waals surface area contributed by atoms with Gasteiger partial charge in [0.15, 0.2) is 0 Å². The van der Waals surface area contributed by atoms with Crippen molar-refractivity contribution in [1.82, 2.24) is 9.47 Å². The summed E-state index contributed by atoms with van der Waals surface area (Å²) in [6.07, 6.45) is 1.55. The fourth-order valence-corrected chi connectivity index (χ4v) is 12.4. The average Bonchev–Trinajstić information content (AvgIpc) is 3.62. The van der Waals surface area contributed by atoms with E-state index in [1.807, 2.05) is 78.3 Å². The van der Waals surface area contributed by atoms with Crippen LogP contribution in [-0.2, 0) is 26.9 Å². The monoisotopic (exact) mass is 1060 g/mol. The third-order valence-electron chi connectivity index (χ3n) is 13.4. The maximum absolute atomic E-state index is 14.3. The first kappa shape index (κ1) is 52.6. The van der Waals surface area contributed by atoms with E-state index in [9.17, 15) is 45.0 Å². The number of piperazine rings is 1. The van der Waals surface area contributed by atoms with Crippen LogP contribution in [-0.4, -0.2) is 111 Å². The van der Waals surface area contributed by atoms with Gasteiger partial charge in [-0.25, -0.2) is 21.6 Å². The van der Waals surface area contributed by atoms with Crippen LogP contribution in [0.2, 0.25) is 5.02 Å². The molecular formula is C52H56ClF3N6O7S3. The van der Waals surface area contributed by atoms with E-state index in [4.69, 9.17) is 11.6 Å². The van der Waals surface area contributed by atoms with Gasteiger partial charge in [-0.15, -0.1) is 11.8 Å². The van der Waals surface area contributed by atoms with Crippen LogP contribution in [0.3, 0.4) is 0 Å². The SMILES string of the molecule is Cc1c(C(=O)O)c(-c2cccc(N3CCN(c4ccc(NS(=O)(=O)c5ccc(N[C@H](CCN6CCC(C)(O)CC6)CSc6ccccc6)c(S(=O)(=O)C(F)(F)F)c5)cc4)CC3)c2)c(-c2ccc(Cl)cc2)n1C. The number of nitrogens with one attached hydrogen (secondary N) is 2. The predicted octanol–water partition coefficient (Wildman–Crippen LogP) is 10.2. The highest BCUT2D eigenvalue weighted by Crippen LogP contribution is 2.41. The Hall–Kier alpha value is -5.70. The number of hydrogen-bond acceptors (Lipinski definition) is 11. The maximum Gasteiger partial charge on any atom is 0.501 e. The number of carboxylic acid groups (broad SMARTS) is 1. The topological polar surface area (TPSA) is 165 Å². The summed E-state index contributed by atoms with van der Waals surface area (Å²) in [4.78, 5) is 18.2. The number of carboxylic acids is 1. The van der Waals surface area contributed by atoms with Crippen LogP contribution in [0.5, 0.6) is 0 Å². The first-order chi connectivity index (χ1) is 34.1. The number of benzene rings is 5. The van der Waals surface area contributed by atoms with Gasteiger partial charge in [0.25, 0.3) is 19.9 Å².